The molecule has 1 fully saturated rings. The summed E-state index contributed by atoms with van der Waals surface area (Å²) in [6.45, 7) is 5.53. The number of benzene rings is 1. The van der Waals surface area contributed by atoms with Gasteiger partial charge in [-0.25, -0.2) is 4.79 Å². The Morgan fingerprint density at radius 1 is 1.15 bits per heavy atom. The van der Waals surface area contributed by atoms with Crippen molar-refractivity contribution in [2.45, 2.75) is 52.0 Å². The number of carbonyl (C=O) groups excluding carboxylic acids is 1. The van der Waals surface area contributed by atoms with E-state index in [9.17, 15) is 4.79 Å². The SMILES string of the molecule is CCCCCCNC(=NC)NCc1cccc(NC(=O)N2CCCC2)c1.I. The molecule has 152 valence electrons. The number of halogens is 1. The molecule has 3 N–H and O–H groups in total. The standard InChI is InChI=1S/C20H33N5O.HI/c1-3-4-5-6-12-22-19(21-2)23-16-17-10-9-11-18(15-17)24-20(26)25-13-7-8-14-25;/h9-11,15H,3-8,12-14,16H2,1-2H3,(H,24,26)(H2,21,22,23);1H. The van der Waals surface area contributed by atoms with Crippen molar-refractivity contribution in [1.29, 1.82) is 0 Å². The van der Waals surface area contributed by atoms with Crippen molar-refractivity contribution in [3.05, 3.63) is 29.8 Å². The van der Waals surface area contributed by atoms with Crippen LogP contribution in [0.15, 0.2) is 29.3 Å². The highest BCUT2D eigenvalue weighted by Gasteiger charge is 2.17. The molecule has 0 unspecified atom stereocenters. The predicted molar refractivity (Wildman–Crippen MR) is 124 cm³/mol. The predicted octanol–water partition coefficient (Wildman–Crippen LogP) is 4.18. The number of unbranched alkanes of at least 4 members (excludes halogenated alkanes) is 3. The van der Waals surface area contributed by atoms with Crippen LogP contribution in [0.4, 0.5) is 10.5 Å². The normalized spacial score (nSPS) is 13.9. The molecule has 7 heteroatoms. The Bertz CT molecular complexity index is 587. The van der Waals surface area contributed by atoms with E-state index in [2.05, 4.69) is 27.9 Å². The summed E-state index contributed by atoms with van der Waals surface area (Å²) in [6.07, 6.45) is 7.14. The number of likely N-dealkylation sites (tertiary alicyclic amines) is 1. The number of rotatable bonds is 8. The minimum absolute atomic E-state index is 0. The van der Waals surface area contributed by atoms with Crippen LogP contribution in [0.3, 0.4) is 0 Å². The molecule has 1 aliphatic rings. The zero-order valence-electron chi connectivity index (χ0n) is 16.6. The molecule has 1 heterocycles. The van der Waals surface area contributed by atoms with E-state index < -0.39 is 0 Å². The molecular formula is C20H34IN5O. The Morgan fingerprint density at radius 2 is 1.93 bits per heavy atom. The number of urea groups is 1. The highest BCUT2D eigenvalue weighted by atomic mass is 127. The fourth-order valence-corrected chi connectivity index (χ4v) is 3.05. The van der Waals surface area contributed by atoms with Crippen molar-refractivity contribution < 1.29 is 4.79 Å². The van der Waals surface area contributed by atoms with E-state index in [-0.39, 0.29) is 30.0 Å². The fourth-order valence-electron chi connectivity index (χ4n) is 3.05. The number of hydrogen-bond acceptors (Lipinski definition) is 2. The van der Waals surface area contributed by atoms with E-state index in [1.54, 1.807) is 7.05 Å². The van der Waals surface area contributed by atoms with Gasteiger partial charge in [-0.3, -0.25) is 4.99 Å². The molecule has 1 aromatic rings. The quantitative estimate of drug-likeness (QED) is 0.223. The maximum Gasteiger partial charge on any atom is 0.321 e. The van der Waals surface area contributed by atoms with Crippen LogP contribution in [0, 0.1) is 0 Å². The topological polar surface area (TPSA) is 68.8 Å². The highest BCUT2D eigenvalue weighted by molar-refractivity contribution is 14.0. The van der Waals surface area contributed by atoms with Gasteiger partial charge in [0.1, 0.15) is 0 Å². The molecule has 6 nitrogen and oxygen atoms in total. The first kappa shape index (κ1) is 23.5. The summed E-state index contributed by atoms with van der Waals surface area (Å²) >= 11 is 0. The van der Waals surface area contributed by atoms with Crippen LogP contribution in [-0.4, -0.2) is 43.6 Å². The Labute approximate surface area is 180 Å². The van der Waals surface area contributed by atoms with Crippen molar-refractivity contribution in [1.82, 2.24) is 15.5 Å². The maximum atomic E-state index is 12.2. The summed E-state index contributed by atoms with van der Waals surface area (Å²) in [4.78, 5) is 18.3. The van der Waals surface area contributed by atoms with Crippen molar-refractivity contribution >= 4 is 41.7 Å². The van der Waals surface area contributed by atoms with Gasteiger partial charge in [-0.05, 0) is 37.0 Å². The van der Waals surface area contributed by atoms with Gasteiger partial charge in [-0.2, -0.15) is 0 Å². The maximum absolute atomic E-state index is 12.2. The van der Waals surface area contributed by atoms with Gasteiger partial charge < -0.3 is 20.9 Å². The van der Waals surface area contributed by atoms with Crippen molar-refractivity contribution in [3.8, 4) is 0 Å². The van der Waals surface area contributed by atoms with Crippen LogP contribution in [0.2, 0.25) is 0 Å². The summed E-state index contributed by atoms with van der Waals surface area (Å²) in [7, 11) is 1.79. The first-order chi connectivity index (χ1) is 12.7. The number of nitrogens with one attached hydrogen (secondary N) is 3. The summed E-state index contributed by atoms with van der Waals surface area (Å²) < 4.78 is 0. The summed E-state index contributed by atoms with van der Waals surface area (Å²) in [5, 5.41) is 9.67. The second-order valence-electron chi connectivity index (χ2n) is 6.74. The monoisotopic (exact) mass is 487 g/mol. The first-order valence-electron chi connectivity index (χ1n) is 9.82. The minimum Gasteiger partial charge on any atom is -0.356 e. The number of hydrogen-bond donors (Lipinski definition) is 3. The van der Waals surface area contributed by atoms with Crippen LogP contribution < -0.4 is 16.0 Å². The molecule has 1 saturated heterocycles. The van der Waals surface area contributed by atoms with Gasteiger partial charge in [-0.15, -0.1) is 24.0 Å². The molecule has 0 spiro atoms. The lowest BCUT2D eigenvalue weighted by molar-refractivity contribution is 0.222. The minimum atomic E-state index is -0.00263. The third-order valence-corrected chi connectivity index (χ3v) is 4.58. The first-order valence-corrected chi connectivity index (χ1v) is 9.82. The van der Waals surface area contributed by atoms with E-state index in [0.717, 1.165) is 56.1 Å². The summed E-state index contributed by atoms with van der Waals surface area (Å²) in [5.74, 6) is 0.813. The second-order valence-corrected chi connectivity index (χ2v) is 6.74. The largest absolute Gasteiger partial charge is 0.356 e. The van der Waals surface area contributed by atoms with Crippen molar-refractivity contribution in [3.63, 3.8) is 0 Å². The lowest BCUT2D eigenvalue weighted by Gasteiger charge is -2.17. The average Bonchev–Trinajstić information content (AvgIpc) is 3.19. The fraction of sp³-hybridized carbons (Fsp3) is 0.600. The smallest absolute Gasteiger partial charge is 0.321 e. The van der Waals surface area contributed by atoms with Gasteiger partial charge in [0.05, 0.1) is 0 Å². The van der Waals surface area contributed by atoms with Crippen LogP contribution in [-0.2, 0) is 6.54 Å². The molecule has 0 aliphatic carbocycles. The van der Waals surface area contributed by atoms with Crippen LogP contribution in [0.5, 0.6) is 0 Å². The van der Waals surface area contributed by atoms with Gasteiger partial charge in [0.25, 0.3) is 0 Å². The molecule has 0 saturated carbocycles. The Balaban J connectivity index is 0.00000364. The van der Waals surface area contributed by atoms with E-state index >= 15 is 0 Å². The molecule has 2 rings (SSSR count). The molecule has 27 heavy (non-hydrogen) atoms. The van der Waals surface area contributed by atoms with Crippen LogP contribution >= 0.6 is 24.0 Å². The zero-order chi connectivity index (χ0) is 18.6. The molecule has 0 radical (unpaired) electrons. The molecule has 0 aromatic heterocycles. The Hall–Kier alpha value is -1.51. The van der Waals surface area contributed by atoms with Gasteiger partial charge in [0.15, 0.2) is 5.96 Å². The lowest BCUT2D eigenvalue weighted by Crippen LogP contribution is -2.37. The Kier molecular flexibility index (Phi) is 11.9. The average molecular weight is 487 g/mol. The Morgan fingerprint density at radius 3 is 2.63 bits per heavy atom. The molecular weight excluding hydrogens is 453 g/mol. The number of aliphatic imine (C=N–C) groups is 1. The van der Waals surface area contributed by atoms with E-state index in [1.807, 2.05) is 29.2 Å². The number of guanidine groups is 1. The van der Waals surface area contributed by atoms with Gasteiger partial charge in [0, 0.05) is 38.9 Å². The van der Waals surface area contributed by atoms with E-state index in [1.165, 1.54) is 19.3 Å². The summed E-state index contributed by atoms with van der Waals surface area (Å²) in [5.41, 5.74) is 1.95. The van der Waals surface area contributed by atoms with Crippen molar-refractivity contribution in [2.75, 3.05) is 32.0 Å². The number of amides is 2. The highest BCUT2D eigenvalue weighted by Crippen LogP contribution is 2.14. The third-order valence-electron chi connectivity index (χ3n) is 4.58. The molecule has 1 aliphatic heterocycles. The van der Waals surface area contributed by atoms with Gasteiger partial charge in [-0.1, -0.05) is 38.3 Å². The molecule has 0 bridgehead atoms. The van der Waals surface area contributed by atoms with Crippen LogP contribution in [0.25, 0.3) is 0 Å². The van der Waals surface area contributed by atoms with Gasteiger partial charge >= 0.3 is 6.03 Å². The molecule has 2 amide bonds. The lowest BCUT2D eigenvalue weighted by atomic mass is 10.2. The number of carbonyl (C=O) groups is 1. The van der Waals surface area contributed by atoms with Crippen molar-refractivity contribution in [2.24, 2.45) is 4.99 Å². The van der Waals surface area contributed by atoms with E-state index in [4.69, 9.17) is 0 Å². The summed E-state index contributed by atoms with van der Waals surface area (Å²) in [6, 6.07) is 7.95. The zero-order valence-corrected chi connectivity index (χ0v) is 18.9. The molecule has 1 aromatic carbocycles. The van der Waals surface area contributed by atoms with Crippen LogP contribution in [0.1, 0.15) is 51.0 Å². The van der Waals surface area contributed by atoms with Gasteiger partial charge in [0.2, 0.25) is 0 Å². The second kappa shape index (κ2) is 13.6. The van der Waals surface area contributed by atoms with E-state index in [0.29, 0.717) is 6.54 Å². The number of nitrogens with zero attached hydrogens (tertiary/aromatic N) is 2. The third kappa shape index (κ3) is 8.81. The number of anilines is 1. The molecule has 0 atom stereocenters.